The van der Waals surface area contributed by atoms with Crippen LogP contribution in [0.5, 0.6) is 0 Å². The summed E-state index contributed by atoms with van der Waals surface area (Å²) in [7, 11) is 0. The lowest BCUT2D eigenvalue weighted by molar-refractivity contribution is -0.135. The van der Waals surface area contributed by atoms with E-state index in [2.05, 4.69) is 10.6 Å². The van der Waals surface area contributed by atoms with E-state index >= 15 is 0 Å². The van der Waals surface area contributed by atoms with E-state index in [1.807, 2.05) is 60.7 Å². The second kappa shape index (κ2) is 13.3. The van der Waals surface area contributed by atoms with Gasteiger partial charge in [-0.25, -0.2) is 19.4 Å². The van der Waals surface area contributed by atoms with E-state index in [9.17, 15) is 28.8 Å². The smallest absolute Gasteiger partial charge is 0.416 e. The monoisotopic (exact) mass is 604 g/mol. The summed E-state index contributed by atoms with van der Waals surface area (Å²) >= 11 is 0. The van der Waals surface area contributed by atoms with Gasteiger partial charge in [0.1, 0.15) is 13.2 Å². The molecule has 0 spiro atoms. The number of hydrogen-bond acceptors (Lipinski definition) is 8. The zero-order valence-electron chi connectivity index (χ0n) is 24.6. The molecule has 2 aromatic carbocycles. The predicted octanol–water partition coefficient (Wildman–Crippen LogP) is 2.20. The molecular formula is C32H36N4O8. The quantitative estimate of drug-likeness (QED) is 0.509. The number of carbonyl (C=O) groups excluding carboxylic acids is 6. The van der Waals surface area contributed by atoms with Gasteiger partial charge in [0.2, 0.25) is 23.6 Å². The summed E-state index contributed by atoms with van der Waals surface area (Å²) in [6.07, 6.45) is 0.139. The summed E-state index contributed by atoms with van der Waals surface area (Å²) in [5, 5.41) is 5.42. The van der Waals surface area contributed by atoms with Gasteiger partial charge in [-0.3, -0.25) is 19.2 Å². The molecule has 44 heavy (non-hydrogen) atoms. The minimum Gasteiger partial charge on any atom is -0.447 e. The molecule has 4 heterocycles. The standard InChI is InChI=1S/2C16H18N2O4/c2*1-10-13(8-14(19)17-10)15(20)18-12(9-22-16(18)21)7-11-5-3-2-4-6-11/h2*2-6,10,12-13H,7-9H2,1H3,(H,17,19)/t2*10-,12?,13+/m10/s1. The van der Waals surface area contributed by atoms with E-state index in [4.69, 9.17) is 9.47 Å². The van der Waals surface area contributed by atoms with Gasteiger partial charge in [-0.15, -0.1) is 0 Å². The van der Waals surface area contributed by atoms with Gasteiger partial charge in [-0.1, -0.05) is 60.7 Å². The summed E-state index contributed by atoms with van der Waals surface area (Å²) in [6.45, 7) is 3.95. The fraction of sp³-hybridized carbons (Fsp3) is 0.438. The number of nitrogens with zero attached hydrogens (tertiary/aromatic N) is 2. The van der Waals surface area contributed by atoms with Crippen LogP contribution < -0.4 is 10.6 Å². The Kier molecular flexibility index (Phi) is 9.26. The lowest BCUT2D eigenvalue weighted by atomic mass is 9.98. The lowest BCUT2D eigenvalue weighted by Crippen LogP contribution is -2.45. The van der Waals surface area contributed by atoms with Crippen LogP contribution in [0.4, 0.5) is 9.59 Å². The summed E-state index contributed by atoms with van der Waals surface area (Å²) in [5.74, 6) is -1.97. The third kappa shape index (κ3) is 6.74. The minimum atomic E-state index is -0.613. The Labute approximate surface area is 255 Å². The molecule has 4 saturated heterocycles. The number of amides is 6. The Morgan fingerprint density at radius 1 is 0.659 bits per heavy atom. The van der Waals surface area contributed by atoms with Crippen LogP contribution >= 0.6 is 0 Å². The Morgan fingerprint density at radius 3 is 1.34 bits per heavy atom. The zero-order chi connectivity index (χ0) is 31.4. The second-order valence-electron chi connectivity index (χ2n) is 11.6. The first-order valence-corrected chi connectivity index (χ1v) is 14.8. The SMILES string of the molecule is C[C@@H]1NC(=O)C[C@H]1C(=O)N1C(=O)OCC1Cc1ccccc1.C[C@H]1NC(=O)C[C@@H]1C(=O)N1C(=O)OCC1Cc1ccccc1. The first-order valence-electron chi connectivity index (χ1n) is 14.8. The molecule has 6 rings (SSSR count). The zero-order valence-corrected chi connectivity index (χ0v) is 24.6. The molecule has 4 fully saturated rings. The highest BCUT2D eigenvalue weighted by molar-refractivity contribution is 5.99. The molecule has 2 N–H and O–H groups in total. The Balaban J connectivity index is 0.000000175. The van der Waals surface area contributed by atoms with E-state index in [0.29, 0.717) is 12.8 Å². The molecule has 4 aliphatic heterocycles. The molecule has 6 amide bonds. The first kappa shape index (κ1) is 30.7. The maximum Gasteiger partial charge on any atom is 0.416 e. The van der Waals surface area contributed by atoms with Gasteiger partial charge < -0.3 is 20.1 Å². The summed E-state index contributed by atoms with van der Waals surface area (Å²) in [4.78, 5) is 74.4. The van der Waals surface area contributed by atoms with E-state index in [-0.39, 0.29) is 73.9 Å². The number of imide groups is 2. The van der Waals surface area contributed by atoms with E-state index in [0.717, 1.165) is 11.1 Å². The van der Waals surface area contributed by atoms with Gasteiger partial charge in [0, 0.05) is 24.9 Å². The molecular weight excluding hydrogens is 568 g/mol. The van der Waals surface area contributed by atoms with Crippen LogP contribution in [0.3, 0.4) is 0 Å². The van der Waals surface area contributed by atoms with Crippen LogP contribution in [0.2, 0.25) is 0 Å². The number of ether oxygens (including phenoxy) is 2. The topological polar surface area (TPSA) is 151 Å². The van der Waals surface area contributed by atoms with Gasteiger partial charge in [-0.2, -0.15) is 0 Å². The Morgan fingerprint density at radius 2 is 1.02 bits per heavy atom. The number of carbonyl (C=O) groups is 6. The lowest BCUT2D eigenvalue weighted by Gasteiger charge is -2.24. The van der Waals surface area contributed by atoms with Crippen molar-refractivity contribution in [3.8, 4) is 0 Å². The van der Waals surface area contributed by atoms with Crippen molar-refractivity contribution in [1.29, 1.82) is 0 Å². The van der Waals surface area contributed by atoms with Gasteiger partial charge in [-0.05, 0) is 37.8 Å². The van der Waals surface area contributed by atoms with Gasteiger partial charge in [0.25, 0.3) is 0 Å². The molecule has 0 bridgehead atoms. The molecule has 232 valence electrons. The molecule has 0 radical (unpaired) electrons. The van der Waals surface area contributed by atoms with E-state index in [1.54, 1.807) is 13.8 Å². The average Bonchev–Trinajstić information content (AvgIpc) is 3.75. The van der Waals surface area contributed by atoms with Crippen LogP contribution in [0.1, 0.15) is 37.8 Å². The minimum absolute atomic E-state index is 0.127. The van der Waals surface area contributed by atoms with Crippen molar-refractivity contribution in [1.82, 2.24) is 20.4 Å². The first-order chi connectivity index (χ1) is 21.1. The highest BCUT2D eigenvalue weighted by atomic mass is 16.6. The predicted molar refractivity (Wildman–Crippen MR) is 156 cm³/mol. The third-order valence-corrected chi connectivity index (χ3v) is 8.45. The molecule has 12 nitrogen and oxygen atoms in total. The van der Waals surface area contributed by atoms with Crippen molar-refractivity contribution in [3.63, 3.8) is 0 Å². The molecule has 2 unspecified atom stereocenters. The van der Waals surface area contributed by atoms with Crippen LogP contribution in [-0.4, -0.2) is 83.0 Å². The molecule has 2 aromatic rings. The number of nitrogens with one attached hydrogen (secondary N) is 2. The summed E-state index contributed by atoms with van der Waals surface area (Å²) in [6, 6.07) is 18.2. The fourth-order valence-corrected chi connectivity index (χ4v) is 6.07. The number of cyclic esters (lactones) is 2. The van der Waals surface area contributed by atoms with Crippen LogP contribution in [0.15, 0.2) is 60.7 Å². The maximum atomic E-state index is 12.6. The molecule has 0 aliphatic carbocycles. The normalized spacial score (nSPS) is 27.7. The number of rotatable bonds is 6. The van der Waals surface area contributed by atoms with Gasteiger partial charge >= 0.3 is 12.2 Å². The molecule has 4 aliphatic rings. The highest BCUT2D eigenvalue weighted by Crippen LogP contribution is 2.26. The second-order valence-corrected chi connectivity index (χ2v) is 11.6. The van der Waals surface area contributed by atoms with Gasteiger partial charge in [0.15, 0.2) is 0 Å². The fourth-order valence-electron chi connectivity index (χ4n) is 6.07. The van der Waals surface area contributed by atoms with Crippen LogP contribution in [0.25, 0.3) is 0 Å². The molecule has 6 atom stereocenters. The van der Waals surface area contributed by atoms with Crippen molar-refractivity contribution in [2.45, 2.75) is 63.7 Å². The van der Waals surface area contributed by atoms with Crippen LogP contribution in [-0.2, 0) is 41.5 Å². The van der Waals surface area contributed by atoms with Crippen LogP contribution in [0, 0.1) is 11.8 Å². The summed E-state index contributed by atoms with van der Waals surface area (Å²) < 4.78 is 10.1. The number of benzene rings is 2. The van der Waals surface area contributed by atoms with Crippen molar-refractivity contribution in [2.75, 3.05) is 13.2 Å². The largest absolute Gasteiger partial charge is 0.447 e. The number of hydrogen-bond donors (Lipinski definition) is 2. The van der Waals surface area contributed by atoms with Gasteiger partial charge in [0.05, 0.1) is 23.9 Å². The Bertz CT molecular complexity index is 1310. The highest BCUT2D eigenvalue weighted by Gasteiger charge is 2.46. The summed E-state index contributed by atoms with van der Waals surface area (Å²) in [5.41, 5.74) is 2.08. The molecule has 0 aromatic heterocycles. The van der Waals surface area contributed by atoms with Crippen molar-refractivity contribution in [2.24, 2.45) is 11.8 Å². The molecule has 12 heteroatoms. The Hall–Kier alpha value is -4.74. The van der Waals surface area contributed by atoms with E-state index in [1.165, 1.54) is 9.80 Å². The van der Waals surface area contributed by atoms with Crippen molar-refractivity contribution in [3.05, 3.63) is 71.8 Å². The third-order valence-electron chi connectivity index (χ3n) is 8.45. The van der Waals surface area contributed by atoms with Crippen molar-refractivity contribution >= 4 is 35.8 Å². The average molecular weight is 605 g/mol. The maximum absolute atomic E-state index is 12.6. The molecule has 0 saturated carbocycles. The van der Waals surface area contributed by atoms with E-state index < -0.39 is 24.0 Å². The van der Waals surface area contributed by atoms with Crippen molar-refractivity contribution < 1.29 is 38.2 Å².